The van der Waals surface area contributed by atoms with E-state index in [1.54, 1.807) is 25.9 Å². The molecule has 2 amide bonds. The van der Waals surface area contributed by atoms with Crippen LogP contribution in [0.25, 0.3) is 5.57 Å². The van der Waals surface area contributed by atoms with Crippen LogP contribution in [-0.2, 0) is 24.8 Å². The topological polar surface area (TPSA) is 70.5 Å². The molecule has 2 heterocycles. The third kappa shape index (κ3) is 4.26. The number of anilines is 1. The first-order valence-electron chi connectivity index (χ1n) is 10.6. The van der Waals surface area contributed by atoms with Gasteiger partial charge in [0.2, 0.25) is 5.91 Å². The zero-order valence-electron chi connectivity index (χ0n) is 18.6. The fraction of sp³-hybridized carbons (Fsp3) is 0.375. The Balaban J connectivity index is 1.44. The monoisotopic (exact) mass is 419 g/mol. The van der Waals surface area contributed by atoms with Gasteiger partial charge in [-0.15, -0.1) is 0 Å². The molecule has 0 spiro atoms. The number of fused-ring (bicyclic) bond motifs is 1. The van der Waals surface area contributed by atoms with Crippen molar-refractivity contribution in [2.24, 2.45) is 7.05 Å². The van der Waals surface area contributed by atoms with E-state index in [-0.39, 0.29) is 17.9 Å². The molecule has 0 radical (unpaired) electrons. The molecule has 162 valence electrons. The highest BCUT2D eigenvalue weighted by Gasteiger charge is 2.26. The number of aromatic nitrogens is 2. The van der Waals surface area contributed by atoms with Gasteiger partial charge < -0.3 is 15.1 Å². The largest absolute Gasteiger partial charge is 0.362 e. The van der Waals surface area contributed by atoms with Crippen molar-refractivity contribution in [1.82, 2.24) is 19.6 Å². The number of aryl methyl sites for hydroxylation is 1. The van der Waals surface area contributed by atoms with Gasteiger partial charge in [0, 0.05) is 63.9 Å². The molecule has 2 aromatic rings. The minimum atomic E-state index is 0.00557. The van der Waals surface area contributed by atoms with Crippen molar-refractivity contribution >= 4 is 23.2 Å². The van der Waals surface area contributed by atoms with E-state index in [0.29, 0.717) is 12.1 Å². The SMILES string of the molecule is CC(=O)N1CCc2c(c(NC3C=CC(c4ccc(C(=O)N(C)C)cc4)=CC3)nn2C)C1. The Labute approximate surface area is 183 Å². The van der Waals surface area contributed by atoms with Gasteiger partial charge in [0.15, 0.2) is 5.82 Å². The van der Waals surface area contributed by atoms with Gasteiger partial charge in [-0.25, -0.2) is 0 Å². The summed E-state index contributed by atoms with van der Waals surface area (Å²) in [6.45, 7) is 2.97. The number of hydrogen-bond donors (Lipinski definition) is 1. The fourth-order valence-electron chi connectivity index (χ4n) is 4.16. The average molecular weight is 420 g/mol. The van der Waals surface area contributed by atoms with E-state index in [2.05, 4.69) is 28.6 Å². The maximum atomic E-state index is 12.1. The van der Waals surface area contributed by atoms with Crippen LogP contribution < -0.4 is 5.32 Å². The van der Waals surface area contributed by atoms with Crippen LogP contribution in [0.4, 0.5) is 5.82 Å². The Bertz CT molecular complexity index is 1060. The van der Waals surface area contributed by atoms with Crippen molar-refractivity contribution < 1.29 is 9.59 Å². The molecule has 0 fully saturated rings. The van der Waals surface area contributed by atoms with Gasteiger partial charge in [-0.3, -0.25) is 14.3 Å². The van der Waals surface area contributed by atoms with Gasteiger partial charge in [0.25, 0.3) is 5.91 Å². The second-order valence-corrected chi connectivity index (χ2v) is 8.37. The van der Waals surface area contributed by atoms with E-state index >= 15 is 0 Å². The zero-order valence-corrected chi connectivity index (χ0v) is 18.6. The van der Waals surface area contributed by atoms with Crippen LogP contribution in [0, 0.1) is 0 Å². The summed E-state index contributed by atoms with van der Waals surface area (Å²) in [7, 11) is 5.48. The van der Waals surface area contributed by atoms with Gasteiger partial charge in [0.1, 0.15) is 0 Å². The first-order valence-corrected chi connectivity index (χ1v) is 10.6. The second kappa shape index (κ2) is 8.41. The number of nitrogens with zero attached hydrogens (tertiary/aromatic N) is 4. The quantitative estimate of drug-likeness (QED) is 0.827. The number of hydrogen-bond acceptors (Lipinski definition) is 4. The highest BCUT2D eigenvalue weighted by Crippen LogP contribution is 2.28. The van der Waals surface area contributed by atoms with Crippen LogP contribution in [0.5, 0.6) is 0 Å². The molecular weight excluding hydrogens is 390 g/mol. The summed E-state index contributed by atoms with van der Waals surface area (Å²) in [5, 5.41) is 8.22. The molecule has 1 unspecified atom stereocenters. The lowest BCUT2D eigenvalue weighted by Crippen LogP contribution is -2.34. The number of carbonyl (C=O) groups is 2. The molecule has 31 heavy (non-hydrogen) atoms. The summed E-state index contributed by atoms with van der Waals surface area (Å²) >= 11 is 0. The van der Waals surface area contributed by atoms with Crippen LogP contribution >= 0.6 is 0 Å². The minimum Gasteiger partial charge on any atom is -0.362 e. The molecule has 0 saturated carbocycles. The van der Waals surface area contributed by atoms with Crippen LogP contribution in [-0.4, -0.2) is 58.1 Å². The van der Waals surface area contributed by atoms with Crippen LogP contribution in [0.15, 0.2) is 42.5 Å². The van der Waals surface area contributed by atoms with Crippen molar-refractivity contribution in [2.45, 2.75) is 32.4 Å². The summed E-state index contributed by atoms with van der Waals surface area (Å²) < 4.78 is 1.93. The van der Waals surface area contributed by atoms with Crippen molar-refractivity contribution in [3.8, 4) is 0 Å². The summed E-state index contributed by atoms with van der Waals surface area (Å²) in [5.41, 5.74) is 5.25. The lowest BCUT2D eigenvalue weighted by Gasteiger charge is -2.27. The van der Waals surface area contributed by atoms with Crippen LogP contribution in [0.2, 0.25) is 0 Å². The van der Waals surface area contributed by atoms with E-state index in [1.165, 1.54) is 5.69 Å². The lowest BCUT2D eigenvalue weighted by molar-refractivity contribution is -0.129. The zero-order chi connectivity index (χ0) is 22.1. The number of benzene rings is 1. The van der Waals surface area contributed by atoms with E-state index in [4.69, 9.17) is 0 Å². The molecule has 1 N–H and O–H groups in total. The predicted octanol–water partition coefficient (Wildman–Crippen LogP) is 2.85. The number of nitrogens with one attached hydrogen (secondary N) is 1. The first-order chi connectivity index (χ1) is 14.8. The van der Waals surface area contributed by atoms with Gasteiger partial charge in [-0.1, -0.05) is 30.4 Å². The first kappa shape index (κ1) is 20.9. The summed E-state index contributed by atoms with van der Waals surface area (Å²) in [6.07, 6.45) is 8.14. The highest BCUT2D eigenvalue weighted by molar-refractivity contribution is 5.94. The number of amides is 2. The highest BCUT2D eigenvalue weighted by atomic mass is 16.2. The Morgan fingerprint density at radius 3 is 2.55 bits per heavy atom. The van der Waals surface area contributed by atoms with Gasteiger partial charge in [-0.2, -0.15) is 5.10 Å². The molecule has 7 nitrogen and oxygen atoms in total. The molecule has 2 aliphatic rings. The predicted molar refractivity (Wildman–Crippen MR) is 122 cm³/mol. The molecule has 0 saturated heterocycles. The smallest absolute Gasteiger partial charge is 0.253 e. The van der Waals surface area contributed by atoms with Crippen molar-refractivity contribution in [3.05, 3.63) is 64.9 Å². The van der Waals surface area contributed by atoms with Gasteiger partial charge in [0.05, 0.1) is 6.54 Å². The van der Waals surface area contributed by atoms with E-state index in [1.807, 2.05) is 40.9 Å². The molecule has 1 aliphatic carbocycles. The Morgan fingerprint density at radius 1 is 1.19 bits per heavy atom. The fourth-order valence-corrected chi connectivity index (χ4v) is 4.16. The summed E-state index contributed by atoms with van der Waals surface area (Å²) in [5.74, 6) is 0.969. The number of rotatable bonds is 4. The van der Waals surface area contributed by atoms with Crippen molar-refractivity contribution in [2.75, 3.05) is 26.0 Å². The van der Waals surface area contributed by atoms with Gasteiger partial charge >= 0.3 is 0 Å². The standard InChI is InChI=1S/C24H29N5O2/c1-16(30)29-14-13-22-21(15-29)23(26-28(22)4)25-20-11-9-18(10-12-20)17-5-7-19(8-6-17)24(31)27(2)3/h5-11,20H,12-15H2,1-4H3,(H,25,26). The Hall–Kier alpha value is -3.35. The molecule has 1 aliphatic heterocycles. The van der Waals surface area contributed by atoms with E-state index < -0.39 is 0 Å². The van der Waals surface area contributed by atoms with Crippen molar-refractivity contribution in [3.63, 3.8) is 0 Å². The molecular formula is C24H29N5O2. The van der Waals surface area contributed by atoms with Gasteiger partial charge in [-0.05, 0) is 29.7 Å². The summed E-state index contributed by atoms with van der Waals surface area (Å²) in [4.78, 5) is 27.3. The van der Waals surface area contributed by atoms with Crippen molar-refractivity contribution in [1.29, 1.82) is 0 Å². The third-order valence-corrected chi connectivity index (χ3v) is 5.98. The molecule has 7 heteroatoms. The maximum Gasteiger partial charge on any atom is 0.253 e. The van der Waals surface area contributed by atoms with Crippen LogP contribution in [0.3, 0.4) is 0 Å². The Morgan fingerprint density at radius 2 is 1.94 bits per heavy atom. The maximum absolute atomic E-state index is 12.1. The van der Waals surface area contributed by atoms with E-state index in [0.717, 1.165) is 41.9 Å². The Kier molecular flexibility index (Phi) is 5.67. The minimum absolute atomic E-state index is 0.00557. The third-order valence-electron chi connectivity index (χ3n) is 5.98. The lowest BCUT2D eigenvalue weighted by atomic mass is 9.96. The number of allylic oxidation sites excluding steroid dienone is 2. The summed E-state index contributed by atoms with van der Waals surface area (Å²) in [6, 6.07) is 7.87. The van der Waals surface area contributed by atoms with E-state index in [9.17, 15) is 9.59 Å². The molecule has 0 bridgehead atoms. The average Bonchev–Trinajstić information content (AvgIpc) is 3.08. The molecule has 1 aromatic carbocycles. The molecule has 1 aromatic heterocycles. The molecule has 1 atom stereocenters. The molecule has 4 rings (SSSR count). The normalized spacial score (nSPS) is 17.7. The van der Waals surface area contributed by atoms with Crippen LogP contribution in [0.1, 0.15) is 40.5 Å². The number of carbonyl (C=O) groups excluding carboxylic acids is 2. The second-order valence-electron chi connectivity index (χ2n) is 8.37.